The van der Waals surface area contributed by atoms with E-state index in [2.05, 4.69) is 15.5 Å². The number of carboxylic acid groups (broad SMARTS) is 1. The molecule has 40 heavy (non-hydrogen) atoms. The van der Waals surface area contributed by atoms with Crippen molar-refractivity contribution in [1.82, 2.24) is 25.1 Å². The molecule has 3 aliphatic heterocycles. The number of carboxylic acids is 1. The van der Waals surface area contributed by atoms with Crippen LogP contribution in [0.2, 0.25) is 5.02 Å². The number of halogens is 1. The number of rotatable bonds is 7. The van der Waals surface area contributed by atoms with Crippen molar-refractivity contribution in [2.45, 2.75) is 23.8 Å². The predicted molar refractivity (Wildman–Crippen MR) is 144 cm³/mol. The van der Waals surface area contributed by atoms with Gasteiger partial charge in [0.1, 0.15) is 23.6 Å². The lowest BCUT2D eigenvalue weighted by atomic mass is 9.77. The Morgan fingerprint density at radius 3 is 2.20 bits per heavy atom. The Labute approximate surface area is 234 Å². The van der Waals surface area contributed by atoms with Crippen molar-refractivity contribution in [2.24, 2.45) is 11.8 Å². The third-order valence-electron chi connectivity index (χ3n) is 8.15. The van der Waals surface area contributed by atoms with Crippen LogP contribution in [-0.2, 0) is 14.3 Å². The third kappa shape index (κ3) is 3.76. The quantitative estimate of drug-likeness (QED) is 0.345. The van der Waals surface area contributed by atoms with Crippen molar-refractivity contribution in [1.29, 1.82) is 0 Å². The molecule has 5 unspecified atom stereocenters. The average molecular weight is 554 g/mol. The van der Waals surface area contributed by atoms with Crippen LogP contribution in [0, 0.1) is 11.8 Å². The van der Waals surface area contributed by atoms with E-state index in [0.717, 1.165) is 16.7 Å². The number of fused-ring (bicyclic) bond motifs is 1. The number of carbonyl (C=O) groups is 2. The van der Waals surface area contributed by atoms with Crippen LogP contribution in [0.25, 0.3) is 0 Å². The first kappa shape index (κ1) is 24.7. The van der Waals surface area contributed by atoms with Gasteiger partial charge >= 0.3 is 5.97 Å². The molecule has 1 spiro atoms. The number of aliphatic carboxylic acids is 1. The number of aromatic nitrogens is 4. The molecule has 5 atom stereocenters. The molecule has 3 aliphatic rings. The minimum Gasteiger partial charge on any atom is -0.481 e. The van der Waals surface area contributed by atoms with Gasteiger partial charge in [-0.1, -0.05) is 96.5 Å². The summed E-state index contributed by atoms with van der Waals surface area (Å²) in [6.07, 6.45) is 2.99. The van der Waals surface area contributed by atoms with Crippen molar-refractivity contribution in [3.8, 4) is 0 Å². The number of ether oxygens (including phenoxy) is 1. The summed E-state index contributed by atoms with van der Waals surface area (Å²) < 4.78 is 7.91. The lowest BCUT2D eigenvalue weighted by Crippen LogP contribution is -2.40. The molecule has 2 saturated heterocycles. The third-order valence-corrected chi connectivity index (χ3v) is 8.40. The average Bonchev–Trinajstić information content (AvgIpc) is 3.74. The maximum absolute atomic E-state index is 14.1. The lowest BCUT2D eigenvalue weighted by Gasteiger charge is -2.31. The van der Waals surface area contributed by atoms with Gasteiger partial charge in [0.15, 0.2) is 5.82 Å². The van der Waals surface area contributed by atoms with Crippen LogP contribution in [-0.4, -0.2) is 60.3 Å². The molecule has 10 heteroatoms. The van der Waals surface area contributed by atoms with Gasteiger partial charge in [-0.15, -0.1) is 5.10 Å². The molecule has 3 aromatic carbocycles. The standard InChI is InChI=1S/C30H24ClN5O4/c31-21-13-11-20(12-14-21)26(35-17-30-16-15-22(40-30)23(29(38)39)24(30)28(35)37)27-32-33-34-36(27)25(18-7-3-1-4-8-18)19-9-5-2-6-10-19/h1-16,22-26H,17H2,(H,38,39). The monoisotopic (exact) mass is 553 g/mol. The zero-order valence-corrected chi connectivity index (χ0v) is 21.9. The maximum Gasteiger partial charge on any atom is 0.310 e. The van der Waals surface area contributed by atoms with E-state index >= 15 is 0 Å². The van der Waals surface area contributed by atoms with Gasteiger partial charge in [0.2, 0.25) is 5.91 Å². The van der Waals surface area contributed by atoms with Gasteiger partial charge in [0, 0.05) is 5.02 Å². The second-order valence-corrected chi connectivity index (χ2v) is 10.8. The van der Waals surface area contributed by atoms with Crippen LogP contribution < -0.4 is 0 Å². The van der Waals surface area contributed by atoms with Gasteiger partial charge in [-0.25, -0.2) is 4.68 Å². The molecule has 200 valence electrons. The molecule has 1 aromatic heterocycles. The highest BCUT2D eigenvalue weighted by Gasteiger charge is 2.68. The number of tetrazole rings is 1. The second kappa shape index (κ2) is 9.39. The highest BCUT2D eigenvalue weighted by atomic mass is 35.5. The molecule has 4 heterocycles. The zero-order chi connectivity index (χ0) is 27.4. The number of hydrogen-bond donors (Lipinski definition) is 1. The molecule has 1 N–H and O–H groups in total. The van der Waals surface area contributed by atoms with E-state index in [4.69, 9.17) is 16.3 Å². The summed E-state index contributed by atoms with van der Waals surface area (Å²) in [6.45, 7) is 0.175. The van der Waals surface area contributed by atoms with E-state index in [9.17, 15) is 14.7 Å². The van der Waals surface area contributed by atoms with Crippen LogP contribution in [0.15, 0.2) is 97.1 Å². The van der Waals surface area contributed by atoms with E-state index in [1.54, 1.807) is 27.8 Å². The van der Waals surface area contributed by atoms with E-state index in [0.29, 0.717) is 10.8 Å². The summed E-state index contributed by atoms with van der Waals surface area (Å²) in [5.41, 5.74) is 1.68. The smallest absolute Gasteiger partial charge is 0.310 e. The van der Waals surface area contributed by atoms with Gasteiger partial charge in [-0.3, -0.25) is 9.59 Å². The SMILES string of the molecule is O=C(O)C1C2C=CC3(CN(C(c4ccc(Cl)cc4)c4nnnn4C(c4ccccc4)c4ccccc4)C(=O)C13)O2. The fourth-order valence-corrected chi connectivity index (χ4v) is 6.58. The summed E-state index contributed by atoms with van der Waals surface area (Å²) in [5.74, 6) is -2.69. The molecule has 2 bridgehead atoms. The van der Waals surface area contributed by atoms with Crippen LogP contribution in [0.3, 0.4) is 0 Å². The summed E-state index contributed by atoms with van der Waals surface area (Å²) in [7, 11) is 0. The largest absolute Gasteiger partial charge is 0.481 e. The zero-order valence-electron chi connectivity index (χ0n) is 21.1. The van der Waals surface area contributed by atoms with E-state index in [1.165, 1.54) is 0 Å². The Morgan fingerprint density at radius 2 is 1.57 bits per heavy atom. The Bertz CT molecular complexity index is 1570. The Morgan fingerprint density at radius 1 is 0.950 bits per heavy atom. The normalized spacial score (nSPS) is 25.5. The summed E-state index contributed by atoms with van der Waals surface area (Å²) in [5, 5.41) is 23.5. The molecule has 2 fully saturated rings. The van der Waals surface area contributed by atoms with Gasteiger partial charge in [-0.2, -0.15) is 0 Å². The maximum atomic E-state index is 14.1. The van der Waals surface area contributed by atoms with Crippen molar-refractivity contribution < 1.29 is 19.4 Å². The topological polar surface area (TPSA) is 110 Å². The van der Waals surface area contributed by atoms with Crippen molar-refractivity contribution in [3.63, 3.8) is 0 Å². The van der Waals surface area contributed by atoms with Gasteiger partial charge in [0.05, 0.1) is 18.6 Å². The predicted octanol–water partition coefficient (Wildman–Crippen LogP) is 3.92. The molecular weight excluding hydrogens is 530 g/mol. The highest BCUT2D eigenvalue weighted by molar-refractivity contribution is 6.30. The van der Waals surface area contributed by atoms with Crippen LogP contribution in [0.1, 0.15) is 34.6 Å². The highest BCUT2D eigenvalue weighted by Crippen LogP contribution is 2.54. The molecule has 1 amide bonds. The van der Waals surface area contributed by atoms with Gasteiger partial charge < -0.3 is 14.7 Å². The Kier molecular flexibility index (Phi) is 5.80. The van der Waals surface area contributed by atoms with Crippen LogP contribution in [0.4, 0.5) is 0 Å². The minimum atomic E-state index is -1.04. The van der Waals surface area contributed by atoms with Crippen molar-refractivity contribution in [2.75, 3.05) is 6.54 Å². The Balaban J connectivity index is 1.38. The fraction of sp³-hybridized carbons (Fsp3) is 0.233. The first-order chi connectivity index (χ1) is 19.5. The number of amides is 1. The molecule has 4 aromatic rings. The number of nitrogens with zero attached hydrogens (tertiary/aromatic N) is 5. The first-order valence-corrected chi connectivity index (χ1v) is 13.4. The second-order valence-electron chi connectivity index (χ2n) is 10.4. The van der Waals surface area contributed by atoms with Crippen molar-refractivity contribution in [3.05, 3.63) is 125 Å². The van der Waals surface area contributed by atoms with E-state index < -0.39 is 35.6 Å². The van der Waals surface area contributed by atoms with Crippen LogP contribution >= 0.6 is 11.6 Å². The molecular formula is C30H24ClN5O4. The number of hydrogen-bond acceptors (Lipinski definition) is 6. The summed E-state index contributed by atoms with van der Waals surface area (Å²) in [4.78, 5) is 28.0. The minimum absolute atomic E-state index is 0.175. The molecule has 9 nitrogen and oxygen atoms in total. The summed E-state index contributed by atoms with van der Waals surface area (Å²) in [6, 6.07) is 25.9. The molecule has 7 rings (SSSR count). The van der Waals surface area contributed by atoms with Crippen LogP contribution in [0.5, 0.6) is 0 Å². The number of carbonyl (C=O) groups excluding carboxylic acids is 1. The fourth-order valence-electron chi connectivity index (χ4n) is 6.45. The number of benzene rings is 3. The molecule has 0 aliphatic carbocycles. The molecule has 0 saturated carbocycles. The first-order valence-electron chi connectivity index (χ1n) is 13.0. The van der Waals surface area contributed by atoms with Crippen molar-refractivity contribution >= 4 is 23.5 Å². The Hall–Kier alpha value is -4.34. The van der Waals surface area contributed by atoms with Gasteiger partial charge in [-0.05, 0) is 39.2 Å². The van der Waals surface area contributed by atoms with Gasteiger partial charge in [0.25, 0.3) is 0 Å². The summed E-state index contributed by atoms with van der Waals surface area (Å²) >= 11 is 6.23. The van der Waals surface area contributed by atoms with E-state index in [-0.39, 0.29) is 18.5 Å². The molecule has 0 radical (unpaired) electrons. The number of likely N-dealkylation sites (tertiary alicyclic amines) is 1. The van der Waals surface area contributed by atoms with E-state index in [1.807, 2.05) is 78.9 Å². The lowest BCUT2D eigenvalue weighted by molar-refractivity contribution is -0.148.